The Bertz CT molecular complexity index is 259. The molecule has 0 saturated heterocycles. The number of fused-ring (bicyclic) bond motifs is 2. The molecule has 3 aliphatic rings. The van der Waals surface area contributed by atoms with Gasteiger partial charge in [0.1, 0.15) is 0 Å². The number of carbonyl (C=O) groups is 1. The number of carbonyl (C=O) groups excluding carboxylic acids is 1. The molecule has 0 aromatic rings. The molecule has 0 heterocycles. The maximum absolute atomic E-state index is 11.7. The SMILES string of the molecule is O=C(C[C@@H]1C[C@H]2CC[C@@H]1C2)NCC1CC1. The second-order valence-electron chi connectivity index (χ2n) is 5.89. The predicted octanol–water partition coefficient (Wildman–Crippen LogP) is 2.34. The van der Waals surface area contributed by atoms with Crippen LogP contribution in [0.2, 0.25) is 0 Å². The summed E-state index contributed by atoms with van der Waals surface area (Å²) in [5, 5.41) is 3.09. The van der Waals surface area contributed by atoms with Gasteiger partial charge in [0.05, 0.1) is 0 Å². The summed E-state index contributed by atoms with van der Waals surface area (Å²) in [6.07, 6.45) is 9.05. The molecule has 0 aromatic heterocycles. The minimum Gasteiger partial charge on any atom is -0.356 e. The Kier molecular flexibility index (Phi) is 2.45. The fraction of sp³-hybridized carbons (Fsp3) is 0.923. The van der Waals surface area contributed by atoms with Crippen LogP contribution in [0.3, 0.4) is 0 Å². The van der Waals surface area contributed by atoms with Crippen LogP contribution in [0.25, 0.3) is 0 Å². The van der Waals surface area contributed by atoms with E-state index in [1.807, 2.05) is 0 Å². The molecule has 0 aliphatic heterocycles. The Morgan fingerprint density at radius 3 is 2.60 bits per heavy atom. The highest BCUT2D eigenvalue weighted by Gasteiger charge is 2.40. The summed E-state index contributed by atoms with van der Waals surface area (Å²) in [5.41, 5.74) is 0. The van der Waals surface area contributed by atoms with Crippen LogP contribution in [0, 0.1) is 23.7 Å². The molecular weight excluding hydrogens is 186 g/mol. The fourth-order valence-corrected chi connectivity index (χ4v) is 3.52. The van der Waals surface area contributed by atoms with E-state index >= 15 is 0 Å². The van der Waals surface area contributed by atoms with Crippen LogP contribution in [-0.2, 0) is 4.79 Å². The summed E-state index contributed by atoms with van der Waals surface area (Å²) in [6, 6.07) is 0. The third kappa shape index (κ3) is 2.19. The van der Waals surface area contributed by atoms with Gasteiger partial charge in [-0.3, -0.25) is 4.79 Å². The van der Waals surface area contributed by atoms with Gasteiger partial charge >= 0.3 is 0 Å². The van der Waals surface area contributed by atoms with Gasteiger partial charge in [-0.1, -0.05) is 6.42 Å². The second-order valence-corrected chi connectivity index (χ2v) is 5.89. The van der Waals surface area contributed by atoms with Crippen LogP contribution in [0.1, 0.15) is 44.9 Å². The van der Waals surface area contributed by atoms with Gasteiger partial charge in [-0.05, 0) is 55.8 Å². The molecule has 2 bridgehead atoms. The Hall–Kier alpha value is -0.530. The van der Waals surface area contributed by atoms with E-state index in [9.17, 15) is 4.79 Å². The summed E-state index contributed by atoms with van der Waals surface area (Å²) >= 11 is 0. The number of nitrogens with one attached hydrogen (secondary N) is 1. The molecule has 0 unspecified atom stereocenters. The zero-order chi connectivity index (χ0) is 10.3. The van der Waals surface area contributed by atoms with Gasteiger partial charge in [-0.2, -0.15) is 0 Å². The van der Waals surface area contributed by atoms with E-state index < -0.39 is 0 Å². The first-order valence-electron chi connectivity index (χ1n) is 6.58. The van der Waals surface area contributed by atoms with E-state index in [2.05, 4.69) is 5.32 Å². The molecule has 1 N–H and O–H groups in total. The number of rotatable bonds is 4. The van der Waals surface area contributed by atoms with Crippen molar-refractivity contribution in [3.63, 3.8) is 0 Å². The van der Waals surface area contributed by atoms with Gasteiger partial charge in [-0.15, -0.1) is 0 Å². The summed E-state index contributed by atoms with van der Waals surface area (Å²) in [4.78, 5) is 11.7. The molecule has 3 atom stereocenters. The molecule has 2 nitrogen and oxygen atoms in total. The number of hydrogen-bond donors (Lipinski definition) is 1. The number of hydrogen-bond acceptors (Lipinski definition) is 1. The maximum Gasteiger partial charge on any atom is 0.220 e. The van der Waals surface area contributed by atoms with Gasteiger partial charge in [0.25, 0.3) is 0 Å². The zero-order valence-corrected chi connectivity index (χ0v) is 9.37. The van der Waals surface area contributed by atoms with Crippen molar-refractivity contribution in [2.24, 2.45) is 23.7 Å². The average molecular weight is 207 g/mol. The molecule has 15 heavy (non-hydrogen) atoms. The fourth-order valence-electron chi connectivity index (χ4n) is 3.52. The van der Waals surface area contributed by atoms with E-state index in [1.54, 1.807) is 0 Å². The Labute approximate surface area is 91.8 Å². The third-order valence-electron chi connectivity index (χ3n) is 4.62. The summed E-state index contributed by atoms with van der Waals surface area (Å²) in [6.45, 7) is 0.944. The largest absolute Gasteiger partial charge is 0.356 e. The quantitative estimate of drug-likeness (QED) is 0.753. The van der Waals surface area contributed by atoms with Crippen molar-refractivity contribution >= 4 is 5.91 Å². The first-order valence-corrected chi connectivity index (χ1v) is 6.58. The average Bonchev–Trinajstić information content (AvgIpc) is 2.84. The van der Waals surface area contributed by atoms with Gasteiger partial charge in [0, 0.05) is 13.0 Å². The molecule has 3 aliphatic carbocycles. The minimum absolute atomic E-state index is 0.319. The standard InChI is InChI=1S/C13H21NO/c15-13(14-8-9-1-2-9)7-12-6-10-3-4-11(12)5-10/h9-12H,1-8H2,(H,14,15)/t10-,11+,12-/m0/s1. The lowest BCUT2D eigenvalue weighted by Crippen LogP contribution is -2.28. The molecular formula is C13H21NO. The second kappa shape index (κ2) is 3.80. The maximum atomic E-state index is 11.7. The topological polar surface area (TPSA) is 29.1 Å². The molecule has 0 aromatic carbocycles. The Morgan fingerprint density at radius 2 is 2.00 bits per heavy atom. The van der Waals surface area contributed by atoms with Gasteiger partial charge < -0.3 is 5.32 Å². The Balaban J connectivity index is 1.42. The first-order chi connectivity index (χ1) is 7.31. The number of amides is 1. The minimum atomic E-state index is 0.319. The van der Waals surface area contributed by atoms with Crippen molar-refractivity contribution in [2.45, 2.75) is 44.9 Å². The van der Waals surface area contributed by atoms with E-state index in [-0.39, 0.29) is 0 Å². The molecule has 2 heteroatoms. The van der Waals surface area contributed by atoms with Crippen molar-refractivity contribution in [3.05, 3.63) is 0 Å². The lowest BCUT2D eigenvalue weighted by Gasteiger charge is -2.20. The van der Waals surface area contributed by atoms with Gasteiger partial charge in [0.2, 0.25) is 5.91 Å². The van der Waals surface area contributed by atoms with E-state index in [4.69, 9.17) is 0 Å². The summed E-state index contributed by atoms with van der Waals surface area (Å²) in [5.74, 6) is 3.72. The van der Waals surface area contributed by atoms with Crippen LogP contribution in [-0.4, -0.2) is 12.5 Å². The third-order valence-corrected chi connectivity index (χ3v) is 4.62. The summed E-state index contributed by atoms with van der Waals surface area (Å²) in [7, 11) is 0. The zero-order valence-electron chi connectivity index (χ0n) is 9.37. The lowest BCUT2D eigenvalue weighted by atomic mass is 9.86. The monoisotopic (exact) mass is 207 g/mol. The Morgan fingerprint density at radius 1 is 1.13 bits per heavy atom. The molecule has 3 rings (SSSR count). The highest BCUT2D eigenvalue weighted by atomic mass is 16.1. The normalized spacial score (nSPS) is 38.3. The van der Waals surface area contributed by atoms with E-state index in [0.717, 1.165) is 36.6 Å². The van der Waals surface area contributed by atoms with Crippen molar-refractivity contribution in [3.8, 4) is 0 Å². The molecule has 3 saturated carbocycles. The van der Waals surface area contributed by atoms with Crippen molar-refractivity contribution < 1.29 is 4.79 Å². The van der Waals surface area contributed by atoms with Crippen LogP contribution in [0.15, 0.2) is 0 Å². The first kappa shape index (κ1) is 9.68. The van der Waals surface area contributed by atoms with Gasteiger partial charge in [-0.25, -0.2) is 0 Å². The van der Waals surface area contributed by atoms with Crippen LogP contribution < -0.4 is 5.32 Å². The summed E-state index contributed by atoms with van der Waals surface area (Å²) < 4.78 is 0. The molecule has 1 amide bonds. The highest BCUT2D eigenvalue weighted by Crippen LogP contribution is 2.49. The van der Waals surface area contributed by atoms with E-state index in [0.29, 0.717) is 5.91 Å². The van der Waals surface area contributed by atoms with Crippen LogP contribution in [0.4, 0.5) is 0 Å². The van der Waals surface area contributed by atoms with Crippen LogP contribution >= 0.6 is 0 Å². The molecule has 3 fully saturated rings. The molecule has 0 radical (unpaired) electrons. The van der Waals surface area contributed by atoms with Crippen LogP contribution in [0.5, 0.6) is 0 Å². The highest BCUT2D eigenvalue weighted by molar-refractivity contribution is 5.76. The van der Waals surface area contributed by atoms with Crippen molar-refractivity contribution in [2.75, 3.05) is 6.54 Å². The lowest BCUT2D eigenvalue weighted by molar-refractivity contribution is -0.122. The molecule has 84 valence electrons. The predicted molar refractivity (Wildman–Crippen MR) is 59.3 cm³/mol. The van der Waals surface area contributed by atoms with Gasteiger partial charge in [0.15, 0.2) is 0 Å². The van der Waals surface area contributed by atoms with Crippen molar-refractivity contribution in [1.82, 2.24) is 5.32 Å². The molecule has 0 spiro atoms. The van der Waals surface area contributed by atoms with Crippen molar-refractivity contribution in [1.29, 1.82) is 0 Å². The smallest absolute Gasteiger partial charge is 0.220 e. The van der Waals surface area contributed by atoms with E-state index in [1.165, 1.54) is 38.5 Å².